The average Bonchev–Trinajstić information content (AvgIpc) is 3.36. The van der Waals surface area contributed by atoms with Crippen LogP contribution in [-0.2, 0) is 16.1 Å². The molecular weight excluding hydrogens is 389 g/mol. The van der Waals surface area contributed by atoms with E-state index in [1.165, 1.54) is 17.9 Å². The maximum absolute atomic E-state index is 14.8. The number of rotatable bonds is 6. The second-order valence-electron chi connectivity index (χ2n) is 7.02. The van der Waals surface area contributed by atoms with Crippen molar-refractivity contribution in [3.05, 3.63) is 66.2 Å². The lowest BCUT2D eigenvalue weighted by Crippen LogP contribution is -2.33. The van der Waals surface area contributed by atoms with Gasteiger partial charge in [-0.1, -0.05) is 29.5 Å². The summed E-state index contributed by atoms with van der Waals surface area (Å²) in [6.07, 6.45) is 2.36. The van der Waals surface area contributed by atoms with Crippen molar-refractivity contribution < 1.29 is 18.7 Å². The molecule has 0 saturated carbocycles. The predicted octanol–water partition coefficient (Wildman–Crippen LogP) is 2.59. The molecule has 1 saturated heterocycles. The molecule has 1 aliphatic heterocycles. The molecule has 154 valence electrons. The number of hydrogen-bond acceptors (Lipinski definition) is 5. The van der Waals surface area contributed by atoms with Crippen molar-refractivity contribution in [3.63, 3.8) is 0 Å². The monoisotopic (exact) mass is 409 g/mol. The SMILES string of the molecule is CC(=O)NCC1CN(c2ccc(-c3ccc(Cn4ccnn4)cc3)c(F)c2)C(=O)O1. The average molecular weight is 409 g/mol. The third kappa shape index (κ3) is 4.29. The van der Waals surface area contributed by atoms with Crippen molar-refractivity contribution >= 4 is 17.7 Å². The van der Waals surface area contributed by atoms with Crippen molar-refractivity contribution in [1.82, 2.24) is 20.3 Å². The van der Waals surface area contributed by atoms with Crippen LogP contribution < -0.4 is 10.2 Å². The van der Waals surface area contributed by atoms with E-state index in [0.29, 0.717) is 17.8 Å². The van der Waals surface area contributed by atoms with Crippen LogP contribution in [0, 0.1) is 5.82 Å². The Morgan fingerprint density at radius 3 is 2.73 bits per heavy atom. The van der Waals surface area contributed by atoms with Crippen LogP contribution in [0.1, 0.15) is 12.5 Å². The molecule has 1 unspecified atom stereocenters. The number of anilines is 1. The Morgan fingerprint density at radius 1 is 1.27 bits per heavy atom. The number of amides is 2. The summed E-state index contributed by atoms with van der Waals surface area (Å²) in [7, 11) is 0. The number of carbonyl (C=O) groups excluding carboxylic acids is 2. The fourth-order valence-corrected chi connectivity index (χ4v) is 3.30. The van der Waals surface area contributed by atoms with Crippen LogP contribution in [0.4, 0.5) is 14.9 Å². The Labute approximate surface area is 172 Å². The highest BCUT2D eigenvalue weighted by Gasteiger charge is 2.32. The van der Waals surface area contributed by atoms with Crippen molar-refractivity contribution in [2.24, 2.45) is 0 Å². The number of hydrogen-bond donors (Lipinski definition) is 1. The smallest absolute Gasteiger partial charge is 0.414 e. The minimum absolute atomic E-state index is 0.202. The molecule has 2 amide bonds. The van der Waals surface area contributed by atoms with E-state index in [1.54, 1.807) is 29.2 Å². The van der Waals surface area contributed by atoms with E-state index in [9.17, 15) is 14.0 Å². The highest BCUT2D eigenvalue weighted by atomic mass is 19.1. The standard InChI is InChI=1S/C21H20FN5O3/c1-14(28)23-11-18-13-27(21(29)30-18)17-6-7-19(20(22)10-17)16-4-2-15(3-5-16)12-26-9-8-24-25-26/h2-10,18H,11-13H2,1H3,(H,23,28). The van der Waals surface area contributed by atoms with E-state index >= 15 is 0 Å². The van der Waals surface area contributed by atoms with Gasteiger partial charge in [-0.15, -0.1) is 5.10 Å². The summed E-state index contributed by atoms with van der Waals surface area (Å²) in [5, 5.41) is 10.3. The highest BCUT2D eigenvalue weighted by Crippen LogP contribution is 2.29. The number of cyclic esters (lactones) is 1. The summed E-state index contributed by atoms with van der Waals surface area (Å²) in [5.74, 6) is -0.637. The van der Waals surface area contributed by atoms with Crippen LogP contribution in [0.3, 0.4) is 0 Å². The van der Waals surface area contributed by atoms with E-state index < -0.39 is 18.0 Å². The summed E-state index contributed by atoms with van der Waals surface area (Å²) < 4.78 is 21.7. The maximum Gasteiger partial charge on any atom is 0.414 e. The first-order chi connectivity index (χ1) is 14.5. The summed E-state index contributed by atoms with van der Waals surface area (Å²) >= 11 is 0. The van der Waals surface area contributed by atoms with Gasteiger partial charge < -0.3 is 10.1 Å². The fraction of sp³-hybridized carbons (Fsp3) is 0.238. The number of carbonyl (C=O) groups is 2. The van der Waals surface area contributed by atoms with Gasteiger partial charge in [-0.05, 0) is 29.3 Å². The first kappa shape index (κ1) is 19.6. The Kier molecular flexibility index (Phi) is 5.42. The number of ether oxygens (including phenoxy) is 1. The molecule has 0 aliphatic carbocycles. The molecule has 2 aromatic carbocycles. The molecule has 1 aliphatic rings. The third-order valence-electron chi connectivity index (χ3n) is 4.80. The number of nitrogens with one attached hydrogen (secondary N) is 1. The van der Waals surface area contributed by atoms with Crippen molar-refractivity contribution in [1.29, 1.82) is 0 Å². The van der Waals surface area contributed by atoms with E-state index in [4.69, 9.17) is 4.74 Å². The minimum atomic E-state index is -0.560. The van der Waals surface area contributed by atoms with Crippen LogP contribution >= 0.6 is 0 Å². The molecule has 1 aromatic heterocycles. The molecule has 1 atom stereocenters. The van der Waals surface area contributed by atoms with Gasteiger partial charge in [0.25, 0.3) is 0 Å². The summed E-state index contributed by atoms with van der Waals surface area (Å²) in [4.78, 5) is 24.5. The molecule has 8 nitrogen and oxygen atoms in total. The van der Waals surface area contributed by atoms with Crippen molar-refractivity contribution in [3.8, 4) is 11.1 Å². The third-order valence-corrected chi connectivity index (χ3v) is 4.80. The van der Waals surface area contributed by atoms with Crippen molar-refractivity contribution in [2.75, 3.05) is 18.0 Å². The van der Waals surface area contributed by atoms with Crippen LogP contribution in [0.2, 0.25) is 0 Å². The quantitative estimate of drug-likeness (QED) is 0.676. The van der Waals surface area contributed by atoms with Crippen LogP contribution in [0.5, 0.6) is 0 Å². The molecule has 0 radical (unpaired) electrons. The molecule has 0 bridgehead atoms. The first-order valence-electron chi connectivity index (χ1n) is 9.45. The zero-order chi connectivity index (χ0) is 21.1. The second-order valence-corrected chi connectivity index (χ2v) is 7.02. The number of aromatic nitrogens is 3. The lowest BCUT2D eigenvalue weighted by molar-refractivity contribution is -0.119. The van der Waals surface area contributed by atoms with Gasteiger partial charge in [0.05, 0.1) is 31.5 Å². The van der Waals surface area contributed by atoms with E-state index in [1.807, 2.05) is 24.3 Å². The topological polar surface area (TPSA) is 89.4 Å². The molecule has 3 aromatic rings. The van der Waals surface area contributed by atoms with Crippen LogP contribution in [0.25, 0.3) is 11.1 Å². The van der Waals surface area contributed by atoms with Crippen molar-refractivity contribution in [2.45, 2.75) is 19.6 Å². The Balaban J connectivity index is 1.47. The Hall–Kier alpha value is -3.75. The van der Waals surface area contributed by atoms with Gasteiger partial charge in [-0.3, -0.25) is 9.69 Å². The zero-order valence-electron chi connectivity index (χ0n) is 16.3. The van der Waals surface area contributed by atoms with E-state index in [0.717, 1.165) is 11.1 Å². The maximum atomic E-state index is 14.8. The number of benzene rings is 2. The van der Waals surface area contributed by atoms with E-state index in [-0.39, 0.29) is 19.0 Å². The molecule has 2 heterocycles. The summed E-state index contributed by atoms with van der Waals surface area (Å²) in [6.45, 7) is 2.44. The molecule has 4 rings (SSSR count). The fourth-order valence-electron chi connectivity index (χ4n) is 3.30. The molecule has 30 heavy (non-hydrogen) atoms. The predicted molar refractivity (Wildman–Crippen MR) is 107 cm³/mol. The number of halogens is 1. The largest absolute Gasteiger partial charge is 0.442 e. The Morgan fingerprint density at radius 2 is 2.07 bits per heavy atom. The molecule has 0 spiro atoms. The normalized spacial score (nSPS) is 15.9. The van der Waals surface area contributed by atoms with Crippen LogP contribution in [0.15, 0.2) is 54.9 Å². The summed E-state index contributed by atoms with van der Waals surface area (Å²) in [5.41, 5.74) is 2.60. The van der Waals surface area contributed by atoms with Gasteiger partial charge in [-0.2, -0.15) is 0 Å². The first-order valence-corrected chi connectivity index (χ1v) is 9.45. The van der Waals surface area contributed by atoms with Gasteiger partial charge in [0.1, 0.15) is 11.9 Å². The molecular formula is C21H20FN5O3. The number of nitrogens with zero attached hydrogens (tertiary/aromatic N) is 4. The molecule has 1 N–H and O–H groups in total. The zero-order valence-corrected chi connectivity index (χ0v) is 16.3. The lowest BCUT2D eigenvalue weighted by atomic mass is 10.0. The van der Waals surface area contributed by atoms with Crippen LogP contribution in [-0.4, -0.2) is 46.2 Å². The highest BCUT2D eigenvalue weighted by molar-refractivity contribution is 5.90. The van der Waals surface area contributed by atoms with E-state index in [2.05, 4.69) is 15.6 Å². The van der Waals surface area contributed by atoms with Gasteiger partial charge >= 0.3 is 6.09 Å². The molecule has 9 heteroatoms. The van der Waals surface area contributed by atoms with Gasteiger partial charge in [0.2, 0.25) is 5.91 Å². The summed E-state index contributed by atoms with van der Waals surface area (Å²) in [6, 6.07) is 12.2. The molecule has 1 fully saturated rings. The second kappa shape index (κ2) is 8.32. The Bertz CT molecular complexity index is 1050. The van der Waals surface area contributed by atoms with Gasteiger partial charge in [0.15, 0.2) is 0 Å². The minimum Gasteiger partial charge on any atom is -0.442 e. The lowest BCUT2D eigenvalue weighted by Gasteiger charge is -2.14. The van der Waals surface area contributed by atoms with Gasteiger partial charge in [-0.25, -0.2) is 13.9 Å². The van der Waals surface area contributed by atoms with Gasteiger partial charge in [0, 0.05) is 18.7 Å².